The van der Waals surface area contributed by atoms with Crippen molar-refractivity contribution in [2.45, 2.75) is 4.21 Å². The van der Waals surface area contributed by atoms with Crippen molar-refractivity contribution in [3.05, 3.63) is 16.2 Å². The van der Waals surface area contributed by atoms with Gasteiger partial charge in [0.15, 0.2) is 5.00 Å². The van der Waals surface area contributed by atoms with Crippen molar-refractivity contribution >= 4 is 41.9 Å². The Hall–Kier alpha value is -1.24. The van der Waals surface area contributed by atoms with Gasteiger partial charge in [-0.2, -0.15) is 4.31 Å². The third-order valence-electron chi connectivity index (χ3n) is 2.56. The van der Waals surface area contributed by atoms with Gasteiger partial charge in [-0.15, -0.1) is 0 Å². The Morgan fingerprint density at radius 3 is 2.33 bits per heavy atom. The van der Waals surface area contributed by atoms with Crippen LogP contribution in [0.25, 0.3) is 0 Å². The Morgan fingerprint density at radius 2 is 1.95 bits per heavy atom. The zero-order chi connectivity index (χ0) is 16.4. The lowest BCUT2D eigenvalue weighted by atomic mass is 10.5. The molecule has 21 heavy (non-hydrogen) atoms. The molecular weight excluding hydrogens is 342 g/mol. The molecule has 0 aliphatic rings. The van der Waals surface area contributed by atoms with Crippen LogP contribution in [0.15, 0.2) is 10.3 Å². The van der Waals surface area contributed by atoms with E-state index in [4.69, 9.17) is 0 Å². The lowest BCUT2D eigenvalue weighted by Gasteiger charge is -2.14. The van der Waals surface area contributed by atoms with Gasteiger partial charge < -0.3 is 5.32 Å². The van der Waals surface area contributed by atoms with E-state index in [1.807, 2.05) is 0 Å². The van der Waals surface area contributed by atoms with Crippen molar-refractivity contribution in [2.24, 2.45) is 0 Å². The minimum atomic E-state index is -3.96. The second-order valence-corrected chi connectivity index (χ2v) is 9.83. The van der Waals surface area contributed by atoms with Crippen LogP contribution in [-0.2, 0) is 19.9 Å². The molecule has 0 saturated heterocycles. The van der Waals surface area contributed by atoms with E-state index in [9.17, 15) is 26.9 Å². The summed E-state index contributed by atoms with van der Waals surface area (Å²) in [7, 11) is -4.60. The number of thiophene rings is 1. The van der Waals surface area contributed by atoms with Crippen molar-refractivity contribution in [3.63, 3.8) is 0 Å². The predicted molar refractivity (Wildman–Crippen MR) is 80.0 cm³/mol. The Bertz CT molecular complexity index is 737. The largest absolute Gasteiger partial charge is 0.374 e. The summed E-state index contributed by atoms with van der Waals surface area (Å²) in [6.45, 7) is -0.220. The van der Waals surface area contributed by atoms with Crippen LogP contribution in [-0.4, -0.2) is 58.7 Å². The van der Waals surface area contributed by atoms with E-state index in [-0.39, 0.29) is 27.2 Å². The first-order valence-corrected chi connectivity index (χ1v) is 9.91. The average molecular weight is 357 g/mol. The molecule has 1 N–H and O–H groups in total. The molecule has 9 nitrogen and oxygen atoms in total. The molecule has 0 aliphatic heterocycles. The van der Waals surface area contributed by atoms with Gasteiger partial charge in [0.2, 0.25) is 0 Å². The van der Waals surface area contributed by atoms with Crippen molar-refractivity contribution < 1.29 is 21.8 Å². The molecule has 0 unspecified atom stereocenters. The van der Waals surface area contributed by atoms with Crippen LogP contribution < -0.4 is 5.32 Å². The minimum absolute atomic E-state index is 0.120. The van der Waals surface area contributed by atoms with E-state index >= 15 is 0 Å². The van der Waals surface area contributed by atoms with Gasteiger partial charge in [0.25, 0.3) is 10.0 Å². The number of nitrogens with zero attached hydrogens (tertiary/aromatic N) is 2. The molecule has 1 aromatic heterocycles. The Labute approximate surface area is 126 Å². The number of hydrogen-bond acceptors (Lipinski definition) is 8. The molecule has 0 saturated carbocycles. The molecule has 0 aliphatic carbocycles. The summed E-state index contributed by atoms with van der Waals surface area (Å²) in [6, 6.07) is 0.961. The molecule has 0 fully saturated rings. The predicted octanol–water partition coefficient (Wildman–Crippen LogP) is 0.363. The Kier molecular flexibility index (Phi) is 5.30. The van der Waals surface area contributed by atoms with E-state index in [0.717, 1.165) is 28.0 Å². The van der Waals surface area contributed by atoms with Gasteiger partial charge in [-0.25, -0.2) is 16.8 Å². The maximum atomic E-state index is 12.2. The van der Waals surface area contributed by atoms with Crippen molar-refractivity contribution in [3.8, 4) is 0 Å². The van der Waals surface area contributed by atoms with Crippen LogP contribution in [0.4, 0.5) is 10.7 Å². The third kappa shape index (κ3) is 4.36. The molecule has 1 aromatic rings. The highest BCUT2D eigenvalue weighted by Gasteiger charge is 2.29. The van der Waals surface area contributed by atoms with Gasteiger partial charge in [0.05, 0.1) is 10.7 Å². The SMILES string of the molecule is CNc1sc(S(=O)(=O)N(C)CCS(C)(=O)=O)cc1[N+](=O)[O-]. The summed E-state index contributed by atoms with van der Waals surface area (Å²) in [5, 5.41) is 13.5. The van der Waals surface area contributed by atoms with Crippen LogP contribution in [0.2, 0.25) is 0 Å². The number of rotatable bonds is 7. The van der Waals surface area contributed by atoms with Gasteiger partial charge in [-0.1, -0.05) is 11.3 Å². The number of nitrogens with one attached hydrogen (secondary N) is 1. The summed E-state index contributed by atoms with van der Waals surface area (Å²) in [4.78, 5) is 10.1. The highest BCUT2D eigenvalue weighted by atomic mass is 32.2. The van der Waals surface area contributed by atoms with E-state index in [1.54, 1.807) is 0 Å². The summed E-state index contributed by atoms with van der Waals surface area (Å²) in [6.07, 6.45) is 1.00. The van der Waals surface area contributed by atoms with E-state index in [0.29, 0.717) is 0 Å². The number of hydrogen-bond donors (Lipinski definition) is 1. The van der Waals surface area contributed by atoms with E-state index in [2.05, 4.69) is 5.32 Å². The maximum Gasteiger partial charge on any atom is 0.304 e. The Balaban J connectivity index is 3.10. The molecule has 0 aromatic carbocycles. The summed E-state index contributed by atoms with van der Waals surface area (Å²) in [5.74, 6) is -0.324. The molecule has 1 rings (SSSR count). The fourth-order valence-corrected chi connectivity index (χ4v) is 4.75. The van der Waals surface area contributed by atoms with Crippen molar-refractivity contribution in [2.75, 3.05) is 38.0 Å². The zero-order valence-corrected chi connectivity index (χ0v) is 14.0. The molecule has 0 radical (unpaired) electrons. The van der Waals surface area contributed by atoms with Crippen LogP contribution >= 0.6 is 11.3 Å². The molecule has 1 heterocycles. The number of anilines is 1. The number of nitro groups is 1. The van der Waals surface area contributed by atoms with E-state index in [1.165, 1.54) is 14.1 Å². The lowest BCUT2D eigenvalue weighted by Crippen LogP contribution is -2.31. The summed E-state index contributed by atoms with van der Waals surface area (Å²) < 4.78 is 47.3. The summed E-state index contributed by atoms with van der Waals surface area (Å²) in [5.41, 5.74) is -0.336. The average Bonchev–Trinajstić information content (AvgIpc) is 2.79. The second-order valence-electron chi connectivity index (χ2n) is 4.24. The van der Waals surface area contributed by atoms with Crippen molar-refractivity contribution in [1.82, 2.24) is 4.31 Å². The van der Waals surface area contributed by atoms with Gasteiger partial charge in [-0.05, 0) is 0 Å². The van der Waals surface area contributed by atoms with Crippen LogP contribution in [0.3, 0.4) is 0 Å². The van der Waals surface area contributed by atoms with Gasteiger partial charge in [-0.3, -0.25) is 10.1 Å². The number of sulfonamides is 1. The lowest BCUT2D eigenvalue weighted by molar-refractivity contribution is -0.383. The molecule has 0 bridgehead atoms. The molecule has 12 heteroatoms. The van der Waals surface area contributed by atoms with Gasteiger partial charge in [0, 0.05) is 33.0 Å². The fourth-order valence-electron chi connectivity index (χ4n) is 1.37. The highest BCUT2D eigenvalue weighted by Crippen LogP contribution is 2.37. The first-order chi connectivity index (χ1) is 9.49. The number of sulfone groups is 1. The first-order valence-electron chi connectivity index (χ1n) is 5.59. The highest BCUT2D eigenvalue weighted by molar-refractivity contribution is 7.92. The third-order valence-corrected chi connectivity index (χ3v) is 6.93. The second kappa shape index (κ2) is 6.25. The first kappa shape index (κ1) is 17.8. The molecule has 0 amide bonds. The quantitative estimate of drug-likeness (QED) is 0.551. The smallest absolute Gasteiger partial charge is 0.304 e. The van der Waals surface area contributed by atoms with Crippen molar-refractivity contribution in [1.29, 1.82) is 0 Å². The minimum Gasteiger partial charge on any atom is -0.374 e. The topological polar surface area (TPSA) is 127 Å². The zero-order valence-electron chi connectivity index (χ0n) is 11.6. The monoisotopic (exact) mass is 357 g/mol. The molecular formula is C9H15N3O6S3. The summed E-state index contributed by atoms with van der Waals surface area (Å²) >= 11 is 0.725. The molecule has 0 atom stereocenters. The van der Waals surface area contributed by atoms with Crippen LogP contribution in [0.5, 0.6) is 0 Å². The molecule has 0 spiro atoms. The van der Waals surface area contributed by atoms with Crippen LogP contribution in [0, 0.1) is 10.1 Å². The maximum absolute atomic E-state index is 12.2. The normalized spacial score (nSPS) is 12.6. The van der Waals surface area contributed by atoms with E-state index < -0.39 is 24.8 Å². The fraction of sp³-hybridized carbons (Fsp3) is 0.556. The molecule has 120 valence electrons. The van der Waals surface area contributed by atoms with Crippen LogP contribution in [0.1, 0.15) is 0 Å². The van der Waals surface area contributed by atoms with Gasteiger partial charge >= 0.3 is 5.69 Å². The standard InChI is InChI=1S/C9H15N3O6S3/c1-10-9-7(12(13)14)6-8(19-9)21(17,18)11(2)4-5-20(3,15)16/h6,10H,4-5H2,1-3H3. The van der Waals surface area contributed by atoms with Gasteiger partial charge in [0.1, 0.15) is 14.0 Å². The Morgan fingerprint density at radius 1 is 1.38 bits per heavy atom.